The Morgan fingerprint density at radius 3 is 2.53 bits per heavy atom. The number of ether oxygens (including phenoxy) is 1. The van der Waals surface area contributed by atoms with Crippen LogP contribution in [-0.2, 0) is 17.4 Å². The van der Waals surface area contributed by atoms with E-state index >= 15 is 0 Å². The molecule has 30 heavy (non-hydrogen) atoms. The largest absolute Gasteiger partial charge is 0.444 e. The summed E-state index contributed by atoms with van der Waals surface area (Å²) in [5, 5.41) is 1.08. The van der Waals surface area contributed by atoms with Gasteiger partial charge in [0.25, 0.3) is 0 Å². The highest BCUT2D eigenvalue weighted by Crippen LogP contribution is 2.58. The number of para-hydroxylation sites is 1. The van der Waals surface area contributed by atoms with Crippen LogP contribution < -0.4 is 5.73 Å². The molecular formula is C26H26N2O2. The van der Waals surface area contributed by atoms with E-state index in [0.717, 1.165) is 33.3 Å². The summed E-state index contributed by atoms with van der Waals surface area (Å²) in [5.41, 5.74) is 10.9. The van der Waals surface area contributed by atoms with E-state index in [1.54, 1.807) is 0 Å². The highest BCUT2D eigenvalue weighted by molar-refractivity contribution is 5.98. The number of aromatic nitrogens is 1. The molecule has 5 rings (SSSR count). The fraction of sp³-hybridized carbons (Fsp3) is 0.269. The number of nitrogens with two attached hydrogens (primary N) is 1. The van der Waals surface area contributed by atoms with E-state index in [4.69, 9.17) is 10.5 Å². The van der Waals surface area contributed by atoms with Crippen LogP contribution in [0.25, 0.3) is 10.9 Å². The van der Waals surface area contributed by atoms with Crippen molar-refractivity contribution in [3.8, 4) is 0 Å². The van der Waals surface area contributed by atoms with Crippen LogP contribution in [0.4, 0.5) is 0 Å². The first-order valence-electron chi connectivity index (χ1n) is 10.3. The van der Waals surface area contributed by atoms with Crippen molar-refractivity contribution >= 4 is 16.9 Å². The van der Waals surface area contributed by atoms with Gasteiger partial charge in [-0.1, -0.05) is 60.2 Å². The Morgan fingerprint density at radius 1 is 1.07 bits per heavy atom. The highest BCUT2D eigenvalue weighted by Gasteiger charge is 2.61. The van der Waals surface area contributed by atoms with Gasteiger partial charge in [0.1, 0.15) is 0 Å². The van der Waals surface area contributed by atoms with E-state index in [-0.39, 0.29) is 12.0 Å². The number of cyclic esters (lactones) is 1. The van der Waals surface area contributed by atoms with Gasteiger partial charge in [0, 0.05) is 40.8 Å². The van der Waals surface area contributed by atoms with Gasteiger partial charge in [-0.3, -0.25) is 0 Å². The van der Waals surface area contributed by atoms with E-state index < -0.39 is 11.0 Å². The molecule has 2 heterocycles. The van der Waals surface area contributed by atoms with Crippen LogP contribution in [-0.4, -0.2) is 16.6 Å². The van der Waals surface area contributed by atoms with Crippen LogP contribution in [0.1, 0.15) is 41.0 Å². The topological polar surface area (TPSA) is 57.2 Å². The first-order chi connectivity index (χ1) is 14.3. The molecule has 1 aliphatic heterocycles. The quantitative estimate of drug-likeness (QED) is 0.634. The lowest BCUT2D eigenvalue weighted by atomic mass is 9.60. The maximum absolute atomic E-state index is 13.2. The first-order valence-corrected chi connectivity index (χ1v) is 10.3. The SMILES string of the molecule is CC1=CC(N)C(C)(C2(c3c(C)n(C)c4ccccc34)OC(=O)c3ccccc32)C=C1. The number of allylic oxidation sites excluding steroid dienone is 2. The van der Waals surface area contributed by atoms with E-state index in [9.17, 15) is 4.79 Å². The predicted molar refractivity (Wildman–Crippen MR) is 119 cm³/mol. The summed E-state index contributed by atoms with van der Waals surface area (Å²) in [4.78, 5) is 13.2. The van der Waals surface area contributed by atoms with Gasteiger partial charge in [-0.2, -0.15) is 0 Å². The average molecular weight is 399 g/mol. The molecule has 1 aliphatic carbocycles. The number of aryl methyl sites for hydroxylation is 1. The van der Waals surface area contributed by atoms with E-state index in [0.29, 0.717) is 5.56 Å². The summed E-state index contributed by atoms with van der Waals surface area (Å²) in [6, 6.07) is 15.7. The number of benzene rings is 2. The second kappa shape index (κ2) is 6.19. The maximum Gasteiger partial charge on any atom is 0.339 e. The smallest absolute Gasteiger partial charge is 0.339 e. The standard InChI is InChI=1S/C26H26N2O2/c1-16-13-14-25(3,22(27)15-16)26(20-11-7-5-9-18(20)24(29)30-26)23-17(2)28(4)21-12-8-6-10-19(21)23/h5-15,22H,27H2,1-4H3. The molecule has 2 N–H and O–H groups in total. The lowest BCUT2D eigenvalue weighted by molar-refractivity contribution is -0.0435. The molecule has 3 aromatic rings. The summed E-state index contributed by atoms with van der Waals surface area (Å²) in [6.45, 7) is 6.24. The molecule has 1 aromatic heterocycles. The average Bonchev–Trinajstić information content (AvgIpc) is 3.18. The molecule has 0 bridgehead atoms. The highest BCUT2D eigenvalue weighted by atomic mass is 16.6. The minimum absolute atomic E-state index is 0.300. The van der Waals surface area contributed by atoms with Crippen molar-refractivity contribution in [2.75, 3.05) is 0 Å². The van der Waals surface area contributed by atoms with Crippen molar-refractivity contribution in [1.29, 1.82) is 0 Å². The molecule has 0 saturated heterocycles. The Morgan fingerprint density at radius 2 is 1.77 bits per heavy atom. The Bertz CT molecular complexity index is 1270. The summed E-state index contributed by atoms with van der Waals surface area (Å²) in [7, 11) is 2.06. The van der Waals surface area contributed by atoms with Crippen LogP contribution in [0.3, 0.4) is 0 Å². The van der Waals surface area contributed by atoms with Gasteiger partial charge in [0.15, 0.2) is 5.60 Å². The Balaban J connectivity index is 1.95. The fourth-order valence-corrected chi connectivity index (χ4v) is 5.32. The zero-order chi connectivity index (χ0) is 21.3. The third kappa shape index (κ3) is 2.17. The number of carbonyl (C=O) groups excluding carboxylic acids is 1. The Kier molecular flexibility index (Phi) is 3.90. The van der Waals surface area contributed by atoms with Crippen molar-refractivity contribution in [1.82, 2.24) is 4.57 Å². The number of fused-ring (bicyclic) bond motifs is 2. The zero-order valence-corrected chi connectivity index (χ0v) is 17.8. The molecule has 2 aliphatic rings. The van der Waals surface area contributed by atoms with E-state index in [2.05, 4.69) is 55.8 Å². The molecule has 152 valence electrons. The molecular weight excluding hydrogens is 372 g/mol. The van der Waals surface area contributed by atoms with Crippen molar-refractivity contribution in [2.24, 2.45) is 18.2 Å². The summed E-state index contributed by atoms with van der Waals surface area (Å²) >= 11 is 0. The van der Waals surface area contributed by atoms with Gasteiger partial charge in [-0.15, -0.1) is 0 Å². The van der Waals surface area contributed by atoms with Gasteiger partial charge in [0.05, 0.1) is 11.0 Å². The van der Waals surface area contributed by atoms with Crippen LogP contribution in [0, 0.1) is 12.3 Å². The number of hydrogen-bond acceptors (Lipinski definition) is 3. The van der Waals surface area contributed by atoms with Gasteiger partial charge in [-0.05, 0) is 32.9 Å². The molecule has 4 nitrogen and oxygen atoms in total. The molecule has 2 aromatic carbocycles. The van der Waals surface area contributed by atoms with Crippen molar-refractivity contribution in [2.45, 2.75) is 32.4 Å². The number of carbonyl (C=O) groups is 1. The second-order valence-electron chi connectivity index (χ2n) is 8.71. The summed E-state index contributed by atoms with van der Waals surface area (Å²) < 4.78 is 8.61. The molecule has 0 saturated carbocycles. The third-order valence-electron chi connectivity index (χ3n) is 7.11. The van der Waals surface area contributed by atoms with Crippen LogP contribution >= 0.6 is 0 Å². The Hall–Kier alpha value is -3.11. The molecule has 0 amide bonds. The van der Waals surface area contributed by atoms with Crippen molar-refractivity contribution < 1.29 is 9.53 Å². The van der Waals surface area contributed by atoms with E-state index in [1.165, 1.54) is 0 Å². The lowest BCUT2D eigenvalue weighted by Gasteiger charge is -2.48. The van der Waals surface area contributed by atoms with Crippen molar-refractivity contribution in [3.05, 3.63) is 94.7 Å². The summed E-state index contributed by atoms with van der Waals surface area (Å²) in [6.07, 6.45) is 6.28. The minimum atomic E-state index is -1.03. The maximum atomic E-state index is 13.2. The number of nitrogens with zero attached hydrogens (tertiary/aromatic N) is 1. The van der Waals surface area contributed by atoms with Crippen LogP contribution in [0.2, 0.25) is 0 Å². The van der Waals surface area contributed by atoms with E-state index in [1.807, 2.05) is 43.3 Å². The minimum Gasteiger partial charge on any atom is -0.444 e. The fourth-order valence-electron chi connectivity index (χ4n) is 5.32. The lowest BCUT2D eigenvalue weighted by Crippen LogP contribution is -2.54. The molecule has 0 fully saturated rings. The van der Waals surface area contributed by atoms with Crippen LogP contribution in [0.15, 0.2) is 72.3 Å². The zero-order valence-electron chi connectivity index (χ0n) is 17.8. The summed E-state index contributed by atoms with van der Waals surface area (Å²) in [5.74, 6) is -0.300. The normalized spacial score (nSPS) is 27.8. The number of esters is 1. The molecule has 0 spiro atoms. The van der Waals surface area contributed by atoms with Crippen LogP contribution in [0.5, 0.6) is 0 Å². The number of hydrogen-bond donors (Lipinski definition) is 1. The third-order valence-corrected chi connectivity index (χ3v) is 7.11. The predicted octanol–water partition coefficient (Wildman–Crippen LogP) is 4.75. The van der Waals surface area contributed by atoms with Gasteiger partial charge in [-0.25, -0.2) is 4.79 Å². The first kappa shape index (κ1) is 18.9. The van der Waals surface area contributed by atoms with Gasteiger partial charge >= 0.3 is 5.97 Å². The van der Waals surface area contributed by atoms with Gasteiger partial charge in [0.2, 0.25) is 0 Å². The van der Waals surface area contributed by atoms with Crippen molar-refractivity contribution in [3.63, 3.8) is 0 Å². The Labute approximate surface area is 176 Å². The second-order valence-corrected chi connectivity index (χ2v) is 8.71. The molecule has 0 radical (unpaired) electrons. The molecule has 3 unspecified atom stereocenters. The number of rotatable bonds is 2. The molecule has 4 heteroatoms. The molecule has 3 atom stereocenters. The monoisotopic (exact) mass is 398 g/mol. The van der Waals surface area contributed by atoms with Gasteiger partial charge < -0.3 is 15.0 Å².